The van der Waals surface area contributed by atoms with E-state index >= 15 is 0 Å². The number of carbonyl (C=O) groups is 2. The first-order valence-corrected chi connectivity index (χ1v) is 9.32. The highest BCUT2D eigenvalue weighted by atomic mass is 31.2. The first kappa shape index (κ1) is 23.5. The molecule has 0 saturated carbocycles. The number of nitrogens with two attached hydrogens (primary N) is 1. The Labute approximate surface area is 126 Å². The molecular formula is C9H21NO10P2. The molecule has 0 aromatic heterocycles. The van der Waals surface area contributed by atoms with Gasteiger partial charge >= 0.3 is 27.1 Å². The predicted molar refractivity (Wildman–Crippen MR) is 75.2 cm³/mol. The number of hydrogen-bond acceptors (Lipinski definition) is 5. The Bertz CT molecular complexity index is 417. The number of aliphatic carboxylic acids is 2. The van der Waals surface area contributed by atoms with Gasteiger partial charge in [0, 0.05) is 12.8 Å². The smallest absolute Gasteiger partial charge is 0.340 e. The first-order chi connectivity index (χ1) is 9.71. The highest BCUT2D eigenvalue weighted by Gasteiger charge is 2.42. The highest BCUT2D eigenvalue weighted by molar-refractivity contribution is 7.70. The summed E-state index contributed by atoms with van der Waals surface area (Å²) in [7, 11) is -9.51. The number of rotatable bonds is 8. The zero-order valence-electron chi connectivity index (χ0n) is 11.8. The van der Waals surface area contributed by atoms with Crippen LogP contribution >= 0.6 is 15.2 Å². The van der Waals surface area contributed by atoms with E-state index < -0.39 is 39.0 Å². The lowest BCUT2D eigenvalue weighted by atomic mass is 10.1. The quantitative estimate of drug-likeness (QED) is 0.274. The molecule has 0 unspecified atom stereocenters. The molecule has 0 aromatic rings. The molecule has 0 bridgehead atoms. The van der Waals surface area contributed by atoms with Crippen molar-refractivity contribution in [1.82, 2.24) is 0 Å². The van der Waals surface area contributed by atoms with Crippen molar-refractivity contribution < 1.29 is 48.5 Å². The van der Waals surface area contributed by atoms with Crippen LogP contribution in [0.2, 0.25) is 0 Å². The van der Waals surface area contributed by atoms with E-state index in [9.17, 15) is 18.7 Å². The van der Waals surface area contributed by atoms with Crippen molar-refractivity contribution in [2.45, 2.75) is 31.6 Å². The molecule has 13 heteroatoms. The van der Waals surface area contributed by atoms with Crippen LogP contribution < -0.4 is 5.73 Å². The van der Waals surface area contributed by atoms with E-state index in [0.29, 0.717) is 0 Å². The molecule has 0 atom stereocenters. The van der Waals surface area contributed by atoms with Gasteiger partial charge in [-0.25, -0.2) is 0 Å². The molecule has 0 amide bonds. The average Bonchev–Trinajstić information content (AvgIpc) is 2.20. The lowest BCUT2D eigenvalue weighted by molar-refractivity contribution is -0.140. The molecule has 0 saturated heterocycles. The summed E-state index contributed by atoms with van der Waals surface area (Å²) in [4.78, 5) is 54.0. The molecule has 0 aliphatic carbocycles. The second-order valence-corrected chi connectivity index (χ2v) is 8.55. The maximum Gasteiger partial charge on any atom is 0.340 e. The second-order valence-electron chi connectivity index (χ2n) is 4.54. The van der Waals surface area contributed by atoms with Gasteiger partial charge in [-0.2, -0.15) is 0 Å². The number of hydrogen-bond donors (Lipinski definition) is 7. The van der Waals surface area contributed by atoms with Gasteiger partial charge in [0.05, 0.1) is 0 Å². The minimum absolute atomic E-state index is 0.0771. The third-order valence-corrected chi connectivity index (χ3v) is 6.12. The lowest BCUT2D eigenvalue weighted by Crippen LogP contribution is -2.14. The van der Waals surface area contributed by atoms with Gasteiger partial charge in [0.2, 0.25) is 0 Å². The normalized spacial score (nSPS) is 12.0. The van der Waals surface area contributed by atoms with Crippen molar-refractivity contribution in [1.29, 1.82) is 0 Å². The van der Waals surface area contributed by atoms with Gasteiger partial charge in [0.25, 0.3) is 0 Å². The van der Waals surface area contributed by atoms with Crippen molar-refractivity contribution in [2.75, 3.05) is 6.54 Å². The molecular weight excluding hydrogens is 344 g/mol. The largest absolute Gasteiger partial charge is 0.481 e. The number of carboxylic acid groups (broad SMARTS) is 2. The third-order valence-electron chi connectivity index (χ3n) is 2.25. The van der Waals surface area contributed by atoms with Crippen LogP contribution in [0, 0.1) is 5.92 Å². The summed E-state index contributed by atoms with van der Waals surface area (Å²) < 4.78 is 21.0. The van der Waals surface area contributed by atoms with Crippen LogP contribution in [0.5, 0.6) is 0 Å². The SMILES string of the molecule is CC(CC(=O)O)CC(=O)O.NCCC(P(=O)(O)O)P(=O)(O)O. The Kier molecular flexibility index (Phi) is 10.7. The second kappa shape index (κ2) is 10.1. The zero-order valence-corrected chi connectivity index (χ0v) is 13.6. The molecule has 0 spiro atoms. The molecule has 0 rings (SSSR count). The van der Waals surface area contributed by atoms with Gasteiger partial charge in [-0.05, 0) is 18.9 Å². The van der Waals surface area contributed by atoms with Crippen LogP contribution in [0.4, 0.5) is 0 Å². The minimum atomic E-state index is -4.76. The van der Waals surface area contributed by atoms with Gasteiger partial charge in [-0.15, -0.1) is 0 Å². The Morgan fingerprint density at radius 3 is 1.41 bits per heavy atom. The van der Waals surface area contributed by atoms with Crippen LogP contribution in [0.25, 0.3) is 0 Å². The van der Waals surface area contributed by atoms with E-state index in [4.69, 9.17) is 35.5 Å². The predicted octanol–water partition coefficient (Wildman–Crippen LogP) is -0.411. The summed E-state index contributed by atoms with van der Waals surface area (Å²) in [5, 5.41) is 14.4. The Morgan fingerprint density at radius 1 is 0.955 bits per heavy atom. The average molecular weight is 365 g/mol. The molecule has 22 heavy (non-hydrogen) atoms. The molecule has 8 N–H and O–H groups in total. The van der Waals surface area contributed by atoms with Crippen LogP contribution in [0.1, 0.15) is 26.2 Å². The molecule has 0 fully saturated rings. The fraction of sp³-hybridized carbons (Fsp3) is 0.778. The molecule has 0 heterocycles. The summed E-state index contributed by atoms with van der Waals surface area (Å²) >= 11 is 0. The lowest BCUT2D eigenvalue weighted by Gasteiger charge is -2.18. The Balaban J connectivity index is 0. The van der Waals surface area contributed by atoms with Crippen molar-refractivity contribution in [3.8, 4) is 0 Å². The van der Waals surface area contributed by atoms with Gasteiger partial charge in [0.1, 0.15) is 0 Å². The zero-order chi connectivity index (χ0) is 18.1. The highest BCUT2D eigenvalue weighted by Crippen LogP contribution is 2.60. The fourth-order valence-electron chi connectivity index (χ4n) is 1.35. The fourth-order valence-corrected chi connectivity index (χ4v) is 3.89. The monoisotopic (exact) mass is 365 g/mol. The van der Waals surface area contributed by atoms with E-state index in [1.807, 2.05) is 0 Å². The molecule has 0 radical (unpaired) electrons. The standard InChI is InChI=1S/C6H10O4.C3H11NO6P2/c1-4(2-5(7)8)3-6(9)10;4-2-1-3(11(5,6)7)12(8,9)10/h4H,2-3H2,1H3,(H,7,8)(H,9,10);3H,1-2,4H2,(H2,5,6,7)(H2,8,9,10). The summed E-state index contributed by atoms with van der Waals surface area (Å²) in [6.07, 6.45) is -0.548. The van der Waals surface area contributed by atoms with Crippen LogP contribution in [0.3, 0.4) is 0 Å². The van der Waals surface area contributed by atoms with Gasteiger partial charge in [-0.3, -0.25) is 18.7 Å². The van der Waals surface area contributed by atoms with E-state index in [1.54, 1.807) is 6.92 Å². The summed E-state index contributed by atoms with van der Waals surface area (Å²) in [5.74, 6) is -2.18. The summed E-state index contributed by atoms with van der Waals surface area (Å²) in [6, 6.07) is 0. The van der Waals surface area contributed by atoms with Gasteiger partial charge in [-0.1, -0.05) is 6.92 Å². The van der Waals surface area contributed by atoms with Crippen LogP contribution in [0.15, 0.2) is 0 Å². The first-order valence-electron chi connectivity index (χ1n) is 5.95. The Morgan fingerprint density at radius 2 is 1.27 bits per heavy atom. The van der Waals surface area contributed by atoms with E-state index in [1.165, 1.54) is 0 Å². The minimum Gasteiger partial charge on any atom is -0.481 e. The van der Waals surface area contributed by atoms with Crippen molar-refractivity contribution in [3.05, 3.63) is 0 Å². The van der Waals surface area contributed by atoms with Gasteiger partial charge in [0.15, 0.2) is 5.40 Å². The maximum atomic E-state index is 10.5. The molecule has 0 aromatic carbocycles. The van der Waals surface area contributed by atoms with Crippen molar-refractivity contribution in [3.63, 3.8) is 0 Å². The molecule has 0 aliphatic rings. The van der Waals surface area contributed by atoms with Crippen LogP contribution in [-0.4, -0.2) is 53.7 Å². The molecule has 11 nitrogen and oxygen atoms in total. The summed E-state index contributed by atoms with van der Waals surface area (Å²) in [6.45, 7) is 1.42. The maximum absolute atomic E-state index is 10.5. The number of carboxylic acids is 2. The topological polar surface area (TPSA) is 216 Å². The van der Waals surface area contributed by atoms with Crippen molar-refractivity contribution >= 4 is 27.1 Å². The Hall–Kier alpha value is -0.800. The van der Waals surface area contributed by atoms with E-state index in [2.05, 4.69) is 0 Å². The molecule has 0 aliphatic heterocycles. The molecule has 132 valence electrons. The van der Waals surface area contributed by atoms with E-state index in [0.717, 1.165) is 0 Å². The third kappa shape index (κ3) is 12.9. The van der Waals surface area contributed by atoms with Crippen molar-refractivity contribution in [2.24, 2.45) is 11.7 Å². The van der Waals surface area contributed by atoms with Gasteiger partial charge < -0.3 is 35.5 Å². The summed E-state index contributed by atoms with van der Waals surface area (Å²) in [5.41, 5.74) is 4.94. The van der Waals surface area contributed by atoms with E-state index in [-0.39, 0.29) is 25.3 Å². The van der Waals surface area contributed by atoms with Crippen LogP contribution in [-0.2, 0) is 18.7 Å².